The van der Waals surface area contributed by atoms with Gasteiger partial charge in [-0.3, -0.25) is 9.69 Å². The Morgan fingerprint density at radius 2 is 2.11 bits per heavy atom. The number of thiophene rings is 1. The van der Waals surface area contributed by atoms with E-state index in [1.54, 1.807) is 11.3 Å². The zero-order valence-electron chi connectivity index (χ0n) is 10.5. The van der Waals surface area contributed by atoms with Gasteiger partial charge in [-0.05, 0) is 36.4 Å². The maximum atomic E-state index is 12.4. The number of aromatic nitrogens is 1. The molecule has 1 N–H and O–H groups in total. The fourth-order valence-electron chi connectivity index (χ4n) is 3.02. The van der Waals surface area contributed by atoms with Crippen molar-refractivity contribution in [3.63, 3.8) is 0 Å². The zero-order chi connectivity index (χ0) is 12.8. The minimum Gasteiger partial charge on any atom is -0.331 e. The van der Waals surface area contributed by atoms with Gasteiger partial charge in [-0.1, -0.05) is 0 Å². The second kappa shape index (κ2) is 4.21. The molecule has 4 nitrogen and oxygen atoms in total. The number of likely N-dealkylation sites (tertiary alicyclic amines) is 1. The molecule has 4 rings (SSSR count). The summed E-state index contributed by atoms with van der Waals surface area (Å²) in [6.45, 7) is 2.12. The summed E-state index contributed by atoms with van der Waals surface area (Å²) in [6.07, 6.45) is 4.49. The normalized spacial score (nSPS) is 22.7. The van der Waals surface area contributed by atoms with Gasteiger partial charge < -0.3 is 9.88 Å². The van der Waals surface area contributed by atoms with E-state index in [2.05, 4.69) is 26.9 Å². The number of carbonyl (C=O) groups is 1. The van der Waals surface area contributed by atoms with Crippen molar-refractivity contribution in [3.05, 3.63) is 41.0 Å². The molecule has 2 aliphatic heterocycles. The van der Waals surface area contributed by atoms with E-state index in [1.807, 2.05) is 17.6 Å². The first-order chi connectivity index (χ1) is 9.34. The predicted molar refractivity (Wildman–Crippen MR) is 74.7 cm³/mol. The Balaban J connectivity index is 1.85. The summed E-state index contributed by atoms with van der Waals surface area (Å²) < 4.78 is 2.15. The highest BCUT2D eigenvalue weighted by Gasteiger charge is 2.31. The third kappa shape index (κ3) is 1.65. The molecule has 2 aliphatic rings. The van der Waals surface area contributed by atoms with Crippen LogP contribution in [-0.4, -0.2) is 28.5 Å². The van der Waals surface area contributed by atoms with E-state index < -0.39 is 0 Å². The van der Waals surface area contributed by atoms with Crippen molar-refractivity contribution >= 4 is 17.2 Å². The molecule has 4 heterocycles. The fourth-order valence-corrected chi connectivity index (χ4v) is 3.92. The summed E-state index contributed by atoms with van der Waals surface area (Å²) in [5, 5.41) is 6.18. The van der Waals surface area contributed by atoms with Crippen molar-refractivity contribution in [1.82, 2.24) is 14.8 Å². The van der Waals surface area contributed by atoms with E-state index in [-0.39, 0.29) is 12.1 Å². The number of nitrogens with zero attached hydrogens (tertiary/aromatic N) is 2. The lowest BCUT2D eigenvalue weighted by Crippen LogP contribution is -2.39. The number of hydrogen-bond donors (Lipinski definition) is 1. The minimum atomic E-state index is 0.00426. The summed E-state index contributed by atoms with van der Waals surface area (Å²) in [5.74, 6) is 0.0387. The summed E-state index contributed by atoms with van der Waals surface area (Å²) in [4.78, 5) is 14.7. The highest BCUT2D eigenvalue weighted by Crippen LogP contribution is 2.32. The van der Waals surface area contributed by atoms with Gasteiger partial charge >= 0.3 is 0 Å². The van der Waals surface area contributed by atoms with E-state index >= 15 is 0 Å². The molecule has 1 saturated heterocycles. The van der Waals surface area contributed by atoms with Gasteiger partial charge in [0.1, 0.15) is 11.2 Å². The van der Waals surface area contributed by atoms with Crippen LogP contribution in [0.2, 0.25) is 0 Å². The maximum Gasteiger partial charge on any atom is 0.255 e. The quantitative estimate of drug-likeness (QED) is 0.866. The summed E-state index contributed by atoms with van der Waals surface area (Å²) in [6, 6.07) is 6.07. The van der Waals surface area contributed by atoms with E-state index in [0.717, 1.165) is 29.3 Å². The van der Waals surface area contributed by atoms with Crippen molar-refractivity contribution in [2.75, 3.05) is 13.1 Å². The van der Waals surface area contributed by atoms with Gasteiger partial charge in [0.2, 0.25) is 0 Å². The average Bonchev–Trinajstić information content (AvgIpc) is 3.14. The van der Waals surface area contributed by atoms with Gasteiger partial charge in [0.05, 0.1) is 11.3 Å². The molecule has 2 aromatic heterocycles. The average molecular weight is 273 g/mol. The van der Waals surface area contributed by atoms with Crippen LogP contribution in [0.25, 0.3) is 5.00 Å². The van der Waals surface area contributed by atoms with Crippen molar-refractivity contribution in [1.29, 1.82) is 0 Å². The number of rotatable bonds is 1. The molecule has 1 unspecified atom stereocenters. The molecule has 0 aliphatic carbocycles. The Morgan fingerprint density at radius 3 is 2.95 bits per heavy atom. The SMILES string of the molecule is O=C1NC(N2CCCC2)c2cccn2-c2sccc21. The lowest BCUT2D eigenvalue weighted by molar-refractivity contribution is 0.0874. The largest absolute Gasteiger partial charge is 0.331 e. The molecule has 5 heteroatoms. The molecule has 1 fully saturated rings. The van der Waals surface area contributed by atoms with Crippen LogP contribution >= 0.6 is 11.3 Å². The molecule has 0 spiro atoms. The topological polar surface area (TPSA) is 37.3 Å². The highest BCUT2D eigenvalue weighted by molar-refractivity contribution is 7.13. The van der Waals surface area contributed by atoms with Gasteiger partial charge in [-0.25, -0.2) is 0 Å². The molecule has 0 aromatic carbocycles. The Kier molecular flexibility index (Phi) is 2.50. The van der Waals surface area contributed by atoms with Crippen molar-refractivity contribution < 1.29 is 4.79 Å². The minimum absolute atomic E-state index is 0.00426. The van der Waals surface area contributed by atoms with Crippen LogP contribution < -0.4 is 5.32 Å². The molecule has 0 saturated carbocycles. The highest BCUT2D eigenvalue weighted by atomic mass is 32.1. The third-order valence-corrected chi connectivity index (χ3v) is 4.85. The van der Waals surface area contributed by atoms with Crippen molar-refractivity contribution in [2.45, 2.75) is 19.0 Å². The Bertz CT molecular complexity index is 624. The monoisotopic (exact) mass is 273 g/mol. The molecule has 0 radical (unpaired) electrons. The van der Waals surface area contributed by atoms with Crippen molar-refractivity contribution in [2.24, 2.45) is 0 Å². The van der Waals surface area contributed by atoms with Gasteiger partial charge in [0.15, 0.2) is 0 Å². The first-order valence-electron chi connectivity index (χ1n) is 6.64. The number of amides is 1. The van der Waals surface area contributed by atoms with Crippen LogP contribution in [0.5, 0.6) is 0 Å². The van der Waals surface area contributed by atoms with E-state index in [1.165, 1.54) is 12.8 Å². The molecule has 0 bridgehead atoms. The zero-order valence-corrected chi connectivity index (χ0v) is 11.3. The third-order valence-electron chi connectivity index (χ3n) is 3.94. The maximum absolute atomic E-state index is 12.4. The van der Waals surface area contributed by atoms with Gasteiger partial charge in [0, 0.05) is 19.3 Å². The first-order valence-corrected chi connectivity index (χ1v) is 7.52. The summed E-state index contributed by atoms with van der Waals surface area (Å²) in [7, 11) is 0. The van der Waals surface area contributed by atoms with Crippen LogP contribution in [0.15, 0.2) is 29.8 Å². The van der Waals surface area contributed by atoms with Gasteiger partial charge in [0.25, 0.3) is 5.91 Å². The Labute approximate surface area is 115 Å². The number of carbonyl (C=O) groups excluding carboxylic acids is 1. The fraction of sp³-hybridized carbons (Fsp3) is 0.357. The molecule has 1 atom stereocenters. The lowest BCUT2D eigenvalue weighted by Gasteiger charge is -2.27. The second-order valence-corrected chi connectivity index (χ2v) is 5.96. The van der Waals surface area contributed by atoms with Crippen LogP contribution in [-0.2, 0) is 0 Å². The Hall–Kier alpha value is -1.59. The number of fused-ring (bicyclic) bond motifs is 3. The van der Waals surface area contributed by atoms with E-state index in [0.29, 0.717) is 0 Å². The smallest absolute Gasteiger partial charge is 0.255 e. The predicted octanol–water partition coefficient (Wildman–Crippen LogP) is 2.38. The van der Waals surface area contributed by atoms with Gasteiger partial charge in [-0.15, -0.1) is 11.3 Å². The van der Waals surface area contributed by atoms with Crippen molar-refractivity contribution in [3.8, 4) is 5.00 Å². The summed E-state index contributed by atoms with van der Waals surface area (Å²) in [5.41, 5.74) is 1.94. The molecular formula is C14H15N3OS. The molecule has 19 heavy (non-hydrogen) atoms. The number of hydrogen-bond acceptors (Lipinski definition) is 3. The van der Waals surface area contributed by atoms with E-state index in [9.17, 15) is 4.79 Å². The molecule has 98 valence electrons. The molecular weight excluding hydrogens is 258 g/mol. The van der Waals surface area contributed by atoms with Crippen LogP contribution in [0, 0.1) is 0 Å². The second-order valence-electron chi connectivity index (χ2n) is 5.06. The van der Waals surface area contributed by atoms with E-state index in [4.69, 9.17) is 0 Å². The van der Waals surface area contributed by atoms with Crippen LogP contribution in [0.1, 0.15) is 35.1 Å². The standard InChI is InChI=1S/C14H15N3OS/c18-13-10-5-9-19-14(10)17-8-3-4-11(17)12(15-13)16-6-1-2-7-16/h3-5,8-9,12H,1-2,6-7H2,(H,15,18). The molecule has 1 amide bonds. The number of nitrogens with one attached hydrogen (secondary N) is 1. The summed E-state index contributed by atoms with van der Waals surface area (Å²) >= 11 is 1.62. The molecule has 2 aromatic rings. The van der Waals surface area contributed by atoms with Crippen LogP contribution in [0.4, 0.5) is 0 Å². The first kappa shape index (κ1) is 11.3. The lowest BCUT2D eigenvalue weighted by atomic mass is 10.3. The van der Waals surface area contributed by atoms with Gasteiger partial charge in [-0.2, -0.15) is 0 Å². The van der Waals surface area contributed by atoms with Crippen LogP contribution in [0.3, 0.4) is 0 Å². The Morgan fingerprint density at radius 1 is 1.26 bits per heavy atom.